The van der Waals surface area contributed by atoms with Crippen molar-refractivity contribution in [3.8, 4) is 0 Å². The third kappa shape index (κ3) is 2.97. The van der Waals surface area contributed by atoms with Crippen LogP contribution in [0.2, 0.25) is 0 Å². The highest BCUT2D eigenvalue weighted by atomic mass is 16.5. The highest BCUT2D eigenvalue weighted by Gasteiger charge is 2.55. The topological polar surface area (TPSA) is 91.6 Å². The Labute approximate surface area is 169 Å². The molecule has 3 amide bonds. The van der Waals surface area contributed by atoms with Crippen molar-refractivity contribution in [1.82, 2.24) is 25.3 Å². The van der Waals surface area contributed by atoms with E-state index in [0.29, 0.717) is 31.3 Å². The first kappa shape index (κ1) is 18.1. The molecule has 3 heterocycles. The number of amides is 3. The Kier molecular flexibility index (Phi) is 4.29. The molecule has 8 nitrogen and oxygen atoms in total. The van der Waals surface area contributed by atoms with Crippen LogP contribution >= 0.6 is 0 Å². The number of urea groups is 1. The molecule has 1 N–H and O–H groups in total. The number of hydrogen-bond acceptors (Lipinski definition) is 5. The molecule has 1 aromatic heterocycles. The Hall–Kier alpha value is -2.90. The first-order valence-electron chi connectivity index (χ1n) is 10.3. The monoisotopic (exact) mass is 395 g/mol. The first-order valence-corrected chi connectivity index (χ1v) is 10.3. The molecule has 3 fully saturated rings. The molecule has 0 bridgehead atoms. The van der Waals surface area contributed by atoms with Gasteiger partial charge in [0.15, 0.2) is 5.82 Å². The van der Waals surface area contributed by atoms with Gasteiger partial charge in [-0.2, -0.15) is 4.98 Å². The van der Waals surface area contributed by atoms with Crippen molar-refractivity contribution >= 4 is 11.9 Å². The van der Waals surface area contributed by atoms with E-state index in [4.69, 9.17) is 4.52 Å². The molecule has 1 aromatic carbocycles. The normalized spacial score (nSPS) is 23.0. The van der Waals surface area contributed by atoms with E-state index in [1.807, 2.05) is 35.2 Å². The third-order valence-corrected chi connectivity index (χ3v) is 6.49. The van der Waals surface area contributed by atoms with Gasteiger partial charge in [0.05, 0.1) is 11.3 Å². The van der Waals surface area contributed by atoms with E-state index in [0.717, 1.165) is 31.2 Å². The van der Waals surface area contributed by atoms with Crippen LogP contribution in [0, 0.1) is 0 Å². The number of rotatable bonds is 4. The SMILES string of the molecule is CNC(=O)N1CCCC1c1nc(C2CN(C(=O)C3(c4ccccc4)CC3)C2)no1. The van der Waals surface area contributed by atoms with E-state index in [1.165, 1.54) is 0 Å². The lowest BCUT2D eigenvalue weighted by atomic mass is 9.90. The summed E-state index contributed by atoms with van der Waals surface area (Å²) < 4.78 is 5.49. The van der Waals surface area contributed by atoms with E-state index < -0.39 is 0 Å². The third-order valence-electron chi connectivity index (χ3n) is 6.49. The number of nitrogens with zero attached hydrogens (tertiary/aromatic N) is 4. The van der Waals surface area contributed by atoms with Crippen LogP contribution in [-0.2, 0) is 10.2 Å². The lowest BCUT2D eigenvalue weighted by molar-refractivity contribution is -0.138. The van der Waals surface area contributed by atoms with Crippen LogP contribution in [0.4, 0.5) is 4.79 Å². The summed E-state index contributed by atoms with van der Waals surface area (Å²) in [7, 11) is 1.62. The summed E-state index contributed by atoms with van der Waals surface area (Å²) in [6.45, 7) is 1.93. The van der Waals surface area contributed by atoms with Gasteiger partial charge in [-0.3, -0.25) is 4.79 Å². The van der Waals surface area contributed by atoms with Crippen LogP contribution in [0.25, 0.3) is 0 Å². The predicted molar refractivity (Wildman–Crippen MR) is 104 cm³/mol. The van der Waals surface area contributed by atoms with E-state index in [2.05, 4.69) is 15.5 Å². The van der Waals surface area contributed by atoms with Gasteiger partial charge < -0.3 is 19.6 Å². The minimum atomic E-state index is -0.327. The van der Waals surface area contributed by atoms with Crippen LogP contribution in [0.1, 0.15) is 54.9 Å². The molecule has 0 radical (unpaired) electrons. The molecule has 1 saturated carbocycles. The summed E-state index contributed by atoms with van der Waals surface area (Å²) >= 11 is 0. The number of nitrogens with one attached hydrogen (secondary N) is 1. The average molecular weight is 395 g/mol. The van der Waals surface area contributed by atoms with Gasteiger partial charge in [-0.1, -0.05) is 35.5 Å². The number of carbonyl (C=O) groups is 2. The first-order chi connectivity index (χ1) is 14.1. The Morgan fingerprint density at radius 2 is 1.97 bits per heavy atom. The number of benzene rings is 1. The summed E-state index contributed by atoms with van der Waals surface area (Å²) in [5.74, 6) is 1.44. The molecule has 1 atom stereocenters. The fraction of sp³-hybridized carbons (Fsp3) is 0.524. The van der Waals surface area contributed by atoms with Crippen molar-refractivity contribution < 1.29 is 14.1 Å². The molecule has 1 aliphatic carbocycles. The Morgan fingerprint density at radius 3 is 2.66 bits per heavy atom. The molecule has 2 aromatic rings. The van der Waals surface area contributed by atoms with Gasteiger partial charge in [0, 0.05) is 26.7 Å². The summed E-state index contributed by atoms with van der Waals surface area (Å²) in [6, 6.07) is 9.78. The number of carbonyl (C=O) groups excluding carboxylic acids is 2. The second-order valence-electron chi connectivity index (χ2n) is 8.25. The van der Waals surface area contributed by atoms with E-state index in [1.54, 1.807) is 11.9 Å². The molecular weight excluding hydrogens is 370 g/mol. The molecule has 2 aliphatic heterocycles. The van der Waals surface area contributed by atoms with Crippen molar-refractivity contribution in [3.05, 3.63) is 47.6 Å². The summed E-state index contributed by atoms with van der Waals surface area (Å²) in [4.78, 5) is 33.3. The highest BCUT2D eigenvalue weighted by molar-refractivity contribution is 5.92. The smallest absolute Gasteiger partial charge is 0.317 e. The minimum absolute atomic E-state index is 0.0953. The van der Waals surface area contributed by atoms with Crippen LogP contribution in [0.5, 0.6) is 0 Å². The van der Waals surface area contributed by atoms with Gasteiger partial charge in [0.2, 0.25) is 11.8 Å². The van der Waals surface area contributed by atoms with E-state index >= 15 is 0 Å². The zero-order valence-electron chi connectivity index (χ0n) is 16.5. The lowest BCUT2D eigenvalue weighted by Gasteiger charge is -2.39. The fourth-order valence-electron chi connectivity index (χ4n) is 4.58. The lowest BCUT2D eigenvalue weighted by Crippen LogP contribution is -2.52. The maximum Gasteiger partial charge on any atom is 0.317 e. The Bertz CT molecular complexity index is 917. The van der Waals surface area contributed by atoms with Crippen molar-refractivity contribution in [2.45, 2.75) is 43.1 Å². The summed E-state index contributed by atoms with van der Waals surface area (Å²) in [6.07, 6.45) is 3.58. The molecule has 2 saturated heterocycles. The quantitative estimate of drug-likeness (QED) is 0.857. The van der Waals surface area contributed by atoms with Gasteiger partial charge in [-0.05, 0) is 31.2 Å². The van der Waals surface area contributed by atoms with E-state index in [-0.39, 0.29) is 29.3 Å². The molecule has 29 heavy (non-hydrogen) atoms. The average Bonchev–Trinajstić information content (AvgIpc) is 3.15. The van der Waals surface area contributed by atoms with Crippen molar-refractivity contribution in [2.24, 2.45) is 0 Å². The Balaban J connectivity index is 1.23. The standard InChI is InChI=1S/C21H25N5O3/c1-22-20(28)26-11-5-8-16(26)18-23-17(24-29-18)14-12-25(13-14)19(27)21(9-10-21)15-6-3-2-4-7-15/h2-4,6-7,14,16H,5,8-13H2,1H3,(H,22,28). The van der Waals surface area contributed by atoms with E-state index in [9.17, 15) is 9.59 Å². The van der Waals surface area contributed by atoms with Gasteiger partial charge in [-0.25, -0.2) is 4.79 Å². The van der Waals surface area contributed by atoms with Crippen LogP contribution < -0.4 is 5.32 Å². The number of likely N-dealkylation sites (tertiary alicyclic amines) is 2. The molecule has 5 rings (SSSR count). The zero-order chi connectivity index (χ0) is 20.0. The molecule has 152 valence electrons. The maximum atomic E-state index is 13.1. The molecule has 1 unspecified atom stereocenters. The zero-order valence-corrected chi connectivity index (χ0v) is 16.5. The number of aromatic nitrogens is 2. The van der Waals surface area contributed by atoms with Gasteiger partial charge in [0.1, 0.15) is 6.04 Å². The molecule has 3 aliphatic rings. The molecular formula is C21H25N5O3. The largest absolute Gasteiger partial charge is 0.341 e. The minimum Gasteiger partial charge on any atom is -0.341 e. The second kappa shape index (κ2) is 6.86. The molecule has 8 heteroatoms. The summed E-state index contributed by atoms with van der Waals surface area (Å²) in [5.41, 5.74) is 0.790. The van der Waals surface area contributed by atoms with Crippen LogP contribution in [0.15, 0.2) is 34.9 Å². The predicted octanol–water partition coefficient (Wildman–Crippen LogP) is 2.20. The van der Waals surface area contributed by atoms with Crippen molar-refractivity contribution in [1.29, 1.82) is 0 Å². The van der Waals surface area contributed by atoms with Crippen LogP contribution in [-0.4, -0.2) is 58.6 Å². The highest BCUT2D eigenvalue weighted by Crippen LogP contribution is 2.50. The van der Waals surface area contributed by atoms with Crippen LogP contribution in [0.3, 0.4) is 0 Å². The molecule has 0 spiro atoms. The summed E-state index contributed by atoms with van der Waals surface area (Å²) in [5, 5.41) is 6.81. The number of hydrogen-bond donors (Lipinski definition) is 1. The Morgan fingerprint density at radius 1 is 1.21 bits per heavy atom. The second-order valence-corrected chi connectivity index (χ2v) is 8.25. The van der Waals surface area contributed by atoms with Crippen molar-refractivity contribution in [3.63, 3.8) is 0 Å². The van der Waals surface area contributed by atoms with Crippen molar-refractivity contribution in [2.75, 3.05) is 26.7 Å². The van der Waals surface area contributed by atoms with Gasteiger partial charge in [0.25, 0.3) is 0 Å². The van der Waals surface area contributed by atoms with Gasteiger partial charge in [-0.15, -0.1) is 0 Å². The van der Waals surface area contributed by atoms with Gasteiger partial charge >= 0.3 is 6.03 Å². The fourth-order valence-corrected chi connectivity index (χ4v) is 4.58. The maximum absolute atomic E-state index is 13.1.